The van der Waals surface area contributed by atoms with Crippen molar-refractivity contribution in [1.82, 2.24) is 0 Å². The zero-order valence-electron chi connectivity index (χ0n) is 15.3. The monoisotopic (exact) mass is 399 g/mol. The lowest BCUT2D eigenvalue weighted by atomic mass is 10.1. The van der Waals surface area contributed by atoms with Gasteiger partial charge >= 0.3 is 5.97 Å². The van der Waals surface area contributed by atoms with Crippen molar-refractivity contribution in [2.75, 3.05) is 24.4 Å². The maximum Gasteiger partial charge on any atom is 0.337 e. The fourth-order valence-corrected chi connectivity index (χ4v) is 2.40. The molecule has 2 aromatic carbocycles. The molecule has 29 heavy (non-hydrogen) atoms. The van der Waals surface area contributed by atoms with Crippen molar-refractivity contribution in [3.63, 3.8) is 0 Å². The van der Waals surface area contributed by atoms with Crippen LogP contribution in [0.3, 0.4) is 0 Å². The van der Waals surface area contributed by atoms with Crippen molar-refractivity contribution in [3.8, 4) is 5.75 Å². The molecular weight excluding hydrogens is 380 g/mol. The van der Waals surface area contributed by atoms with Gasteiger partial charge in [0.2, 0.25) is 5.91 Å². The van der Waals surface area contributed by atoms with Crippen LogP contribution in [0.15, 0.2) is 36.4 Å². The molecule has 0 atom stereocenters. The SMILES string of the molecule is COCC(=O)Nc1ccc([OH2+])c(C(=N)C(=O)Nc2ccc(C=N)cc2C(=O)O)c1. The topological polar surface area (TPSA) is 175 Å². The summed E-state index contributed by atoms with van der Waals surface area (Å²) in [6, 6.07) is 8.05. The summed E-state index contributed by atoms with van der Waals surface area (Å²) in [4.78, 5) is 35.5. The maximum absolute atomic E-state index is 12.5. The molecule has 0 saturated heterocycles. The van der Waals surface area contributed by atoms with Gasteiger partial charge in [0.15, 0.2) is 0 Å². The van der Waals surface area contributed by atoms with Crippen LogP contribution >= 0.6 is 0 Å². The minimum Gasteiger partial charge on any atom is -0.593 e. The fourth-order valence-electron chi connectivity index (χ4n) is 2.40. The molecule has 0 radical (unpaired) electrons. The quantitative estimate of drug-likeness (QED) is 0.332. The summed E-state index contributed by atoms with van der Waals surface area (Å²) in [6.07, 6.45) is 0.968. The molecule has 10 nitrogen and oxygen atoms in total. The van der Waals surface area contributed by atoms with Crippen LogP contribution in [0.5, 0.6) is 5.75 Å². The minimum atomic E-state index is -1.31. The Balaban J connectivity index is 2.27. The number of benzene rings is 2. The number of amides is 2. The number of carboxylic acid groups (broad SMARTS) is 1. The average Bonchev–Trinajstić information content (AvgIpc) is 2.69. The summed E-state index contributed by atoms with van der Waals surface area (Å²) < 4.78 is 4.71. The molecule has 0 fully saturated rings. The van der Waals surface area contributed by atoms with Gasteiger partial charge in [-0.25, -0.2) is 4.79 Å². The van der Waals surface area contributed by atoms with Gasteiger partial charge in [0.25, 0.3) is 11.7 Å². The van der Waals surface area contributed by atoms with Gasteiger partial charge in [-0.1, -0.05) is 6.07 Å². The highest BCUT2D eigenvalue weighted by Gasteiger charge is 2.21. The molecule has 150 valence electrons. The summed E-state index contributed by atoms with van der Waals surface area (Å²) in [6.45, 7) is -0.181. The van der Waals surface area contributed by atoms with E-state index in [0.29, 0.717) is 5.56 Å². The number of carbonyl (C=O) groups is 3. The van der Waals surface area contributed by atoms with Crippen LogP contribution in [0.2, 0.25) is 0 Å². The number of rotatable bonds is 8. The Morgan fingerprint density at radius 1 is 1.14 bits per heavy atom. The van der Waals surface area contributed by atoms with E-state index in [9.17, 15) is 19.5 Å². The molecule has 0 aliphatic heterocycles. The number of carbonyl (C=O) groups excluding carboxylic acids is 2. The van der Waals surface area contributed by atoms with E-state index in [1.54, 1.807) is 0 Å². The first-order valence-corrected chi connectivity index (χ1v) is 8.19. The van der Waals surface area contributed by atoms with Crippen LogP contribution in [0.25, 0.3) is 0 Å². The molecule has 2 amide bonds. The zero-order valence-corrected chi connectivity index (χ0v) is 15.3. The van der Waals surface area contributed by atoms with E-state index < -0.39 is 23.5 Å². The van der Waals surface area contributed by atoms with Crippen LogP contribution in [0.1, 0.15) is 21.5 Å². The molecule has 0 aliphatic rings. The van der Waals surface area contributed by atoms with Crippen molar-refractivity contribution in [2.45, 2.75) is 0 Å². The van der Waals surface area contributed by atoms with Gasteiger partial charge < -0.3 is 31.0 Å². The molecule has 2 aromatic rings. The maximum atomic E-state index is 12.5. The first-order chi connectivity index (χ1) is 13.8. The molecule has 0 aromatic heterocycles. The predicted molar refractivity (Wildman–Crippen MR) is 107 cm³/mol. The molecule has 0 unspecified atom stereocenters. The highest BCUT2D eigenvalue weighted by atomic mass is 16.5. The van der Waals surface area contributed by atoms with E-state index in [-0.39, 0.29) is 34.9 Å². The van der Waals surface area contributed by atoms with Gasteiger partial charge in [0, 0.05) is 25.1 Å². The standard InChI is InChI=1S/C19H18N4O6/c1-29-9-16(25)22-11-3-5-15(24)13(7-11)17(21)18(26)23-14-4-2-10(8-20)6-12(14)19(27)28/h2-8,20-21,24H,9H2,1H3,(H,22,25)(H,23,26)(H,27,28)/p+1. The second-order valence-corrected chi connectivity index (χ2v) is 5.83. The Hall–Kier alpha value is -4.05. The Morgan fingerprint density at radius 2 is 1.86 bits per heavy atom. The van der Waals surface area contributed by atoms with Crippen LogP contribution in [-0.2, 0) is 14.3 Å². The van der Waals surface area contributed by atoms with Crippen molar-refractivity contribution in [3.05, 3.63) is 53.1 Å². The normalized spacial score (nSPS) is 10.1. The molecule has 2 rings (SSSR count). The molecule has 0 aliphatic carbocycles. The number of hydrogen-bond donors (Lipinski definition) is 5. The number of nitrogens with one attached hydrogen (secondary N) is 4. The minimum absolute atomic E-state index is 0.0473. The molecule has 0 spiro atoms. The summed E-state index contributed by atoms with van der Waals surface area (Å²) in [5, 5.41) is 37.4. The third-order valence-electron chi connectivity index (χ3n) is 3.76. The number of hydrogen-bond acceptors (Lipinski definition) is 6. The molecule has 0 heterocycles. The Kier molecular flexibility index (Phi) is 6.77. The third kappa shape index (κ3) is 5.23. The lowest BCUT2D eigenvalue weighted by molar-refractivity contribution is -0.119. The van der Waals surface area contributed by atoms with Crippen LogP contribution in [0.4, 0.5) is 11.4 Å². The number of ether oxygens (including phenoxy) is 1. The van der Waals surface area contributed by atoms with Gasteiger partial charge in [-0.15, -0.1) is 0 Å². The average molecular weight is 399 g/mol. The Labute approximate surface area is 165 Å². The Morgan fingerprint density at radius 3 is 2.48 bits per heavy atom. The van der Waals surface area contributed by atoms with Crippen LogP contribution < -0.4 is 10.6 Å². The van der Waals surface area contributed by atoms with E-state index in [2.05, 4.69) is 10.6 Å². The van der Waals surface area contributed by atoms with E-state index in [0.717, 1.165) is 6.21 Å². The van der Waals surface area contributed by atoms with Gasteiger partial charge in [-0.2, -0.15) is 0 Å². The number of carboxylic acids is 1. The second kappa shape index (κ2) is 9.24. The molecule has 0 bridgehead atoms. The van der Waals surface area contributed by atoms with Gasteiger partial charge in [-0.05, 0) is 29.8 Å². The van der Waals surface area contributed by atoms with Crippen molar-refractivity contribution in [2.24, 2.45) is 0 Å². The largest absolute Gasteiger partial charge is 0.593 e. The van der Waals surface area contributed by atoms with Crippen molar-refractivity contribution < 1.29 is 29.3 Å². The molecule has 7 N–H and O–H groups in total. The van der Waals surface area contributed by atoms with E-state index in [1.807, 2.05) is 0 Å². The highest BCUT2D eigenvalue weighted by Crippen LogP contribution is 2.23. The molecule has 0 saturated carbocycles. The van der Waals surface area contributed by atoms with Crippen molar-refractivity contribution in [1.29, 1.82) is 10.8 Å². The first kappa shape index (κ1) is 21.3. The molecule has 10 heteroatoms. The smallest absolute Gasteiger partial charge is 0.337 e. The lowest BCUT2D eigenvalue weighted by Crippen LogP contribution is -2.24. The van der Waals surface area contributed by atoms with E-state index >= 15 is 0 Å². The summed E-state index contributed by atoms with van der Waals surface area (Å²) in [7, 11) is 1.36. The fraction of sp³-hybridized carbons (Fsp3) is 0.105. The first-order valence-electron chi connectivity index (χ1n) is 8.19. The zero-order chi connectivity index (χ0) is 21.6. The molecular formula is C19H19N4O6+. The highest BCUT2D eigenvalue weighted by molar-refractivity contribution is 6.48. The number of aromatic carboxylic acids is 1. The number of anilines is 2. The summed E-state index contributed by atoms with van der Waals surface area (Å²) >= 11 is 0. The summed E-state index contributed by atoms with van der Waals surface area (Å²) in [5.74, 6) is -2.79. The second-order valence-electron chi connectivity index (χ2n) is 5.83. The van der Waals surface area contributed by atoms with E-state index in [4.69, 9.17) is 20.7 Å². The van der Waals surface area contributed by atoms with Gasteiger partial charge in [-0.3, -0.25) is 15.0 Å². The Bertz CT molecular complexity index is 1000. The van der Waals surface area contributed by atoms with Crippen LogP contribution in [-0.4, -0.2) is 53.6 Å². The lowest BCUT2D eigenvalue weighted by Gasteiger charge is -2.11. The van der Waals surface area contributed by atoms with E-state index in [1.165, 1.54) is 43.5 Å². The van der Waals surface area contributed by atoms with Gasteiger partial charge in [0.1, 0.15) is 17.9 Å². The van der Waals surface area contributed by atoms with Crippen molar-refractivity contribution >= 4 is 41.1 Å². The van der Waals surface area contributed by atoms with Crippen LogP contribution in [0, 0.1) is 10.8 Å². The predicted octanol–water partition coefficient (Wildman–Crippen LogP) is 1.41. The summed E-state index contributed by atoms with van der Waals surface area (Å²) in [5.41, 5.74) is -0.302. The number of methoxy groups -OCH3 is 1. The van der Waals surface area contributed by atoms with Gasteiger partial charge in [0.05, 0.1) is 11.3 Å². The third-order valence-corrected chi connectivity index (χ3v) is 3.76.